The predicted molar refractivity (Wildman–Crippen MR) is 73.4 cm³/mol. The molecule has 1 rings (SSSR count). The van der Waals surface area contributed by atoms with Gasteiger partial charge in [0, 0.05) is 4.83 Å². The number of methoxy groups -OCH3 is 1. The van der Waals surface area contributed by atoms with Gasteiger partial charge in [-0.05, 0) is 29.9 Å². The van der Waals surface area contributed by atoms with E-state index in [1.54, 1.807) is 6.07 Å². The molecule has 0 spiro atoms. The minimum atomic E-state index is -0.231. The first-order valence-electron chi connectivity index (χ1n) is 5.81. The van der Waals surface area contributed by atoms with E-state index in [1.807, 2.05) is 12.1 Å². The summed E-state index contributed by atoms with van der Waals surface area (Å²) < 4.78 is 19.0. The van der Waals surface area contributed by atoms with Crippen LogP contribution in [0.15, 0.2) is 18.2 Å². The summed E-state index contributed by atoms with van der Waals surface area (Å²) in [6.45, 7) is 6.43. The number of alkyl halides is 1. The first kappa shape index (κ1) is 14.5. The van der Waals surface area contributed by atoms with Crippen molar-refractivity contribution in [2.24, 2.45) is 5.41 Å². The van der Waals surface area contributed by atoms with Crippen LogP contribution in [0, 0.1) is 11.2 Å². The van der Waals surface area contributed by atoms with Crippen LogP contribution in [0.5, 0.6) is 5.75 Å². The number of rotatable bonds is 5. The van der Waals surface area contributed by atoms with Crippen molar-refractivity contribution in [1.82, 2.24) is 0 Å². The summed E-state index contributed by atoms with van der Waals surface area (Å²) in [7, 11) is 1.49. The maximum atomic E-state index is 14.0. The van der Waals surface area contributed by atoms with Gasteiger partial charge in [-0.3, -0.25) is 0 Å². The number of hydrogen-bond acceptors (Lipinski definition) is 1. The second kappa shape index (κ2) is 5.85. The third-order valence-corrected chi connectivity index (χ3v) is 3.09. The van der Waals surface area contributed by atoms with Gasteiger partial charge in [0.15, 0.2) is 11.6 Å². The van der Waals surface area contributed by atoms with E-state index >= 15 is 0 Å². The van der Waals surface area contributed by atoms with Gasteiger partial charge in [-0.2, -0.15) is 0 Å². The Hall–Kier alpha value is -0.570. The van der Waals surface area contributed by atoms with Crippen LogP contribution in [-0.2, 0) is 6.42 Å². The zero-order valence-electron chi connectivity index (χ0n) is 10.9. The molecule has 0 N–H and O–H groups in total. The highest BCUT2D eigenvalue weighted by Crippen LogP contribution is 2.32. The number of halogens is 2. The van der Waals surface area contributed by atoms with E-state index in [0.717, 1.165) is 12.0 Å². The third-order valence-electron chi connectivity index (χ3n) is 2.77. The monoisotopic (exact) mass is 302 g/mol. The molecule has 0 fully saturated rings. The molecule has 17 heavy (non-hydrogen) atoms. The lowest BCUT2D eigenvalue weighted by atomic mass is 9.81. The molecule has 0 heterocycles. The molecular weight excluding hydrogens is 283 g/mol. The zero-order valence-corrected chi connectivity index (χ0v) is 12.5. The Morgan fingerprint density at radius 1 is 1.41 bits per heavy atom. The third kappa shape index (κ3) is 4.30. The van der Waals surface area contributed by atoms with E-state index in [1.165, 1.54) is 7.11 Å². The van der Waals surface area contributed by atoms with Gasteiger partial charge in [-0.1, -0.05) is 48.8 Å². The number of benzene rings is 1. The first-order valence-corrected chi connectivity index (χ1v) is 6.73. The second-order valence-electron chi connectivity index (χ2n) is 5.26. The van der Waals surface area contributed by atoms with Crippen molar-refractivity contribution in [2.45, 2.75) is 38.4 Å². The summed E-state index contributed by atoms with van der Waals surface area (Å²) in [5.74, 6) is 0.0930. The van der Waals surface area contributed by atoms with Gasteiger partial charge in [-0.15, -0.1) is 0 Å². The van der Waals surface area contributed by atoms with Crippen LogP contribution in [0.1, 0.15) is 32.8 Å². The molecule has 96 valence electrons. The fourth-order valence-electron chi connectivity index (χ4n) is 2.20. The lowest BCUT2D eigenvalue weighted by Gasteiger charge is -2.26. The Balaban J connectivity index is 2.88. The molecule has 1 atom stereocenters. The Morgan fingerprint density at radius 2 is 2.06 bits per heavy atom. The van der Waals surface area contributed by atoms with E-state index < -0.39 is 0 Å². The Kier molecular flexibility index (Phi) is 4.99. The van der Waals surface area contributed by atoms with Crippen LogP contribution in [0.4, 0.5) is 4.39 Å². The van der Waals surface area contributed by atoms with Crippen molar-refractivity contribution < 1.29 is 9.13 Å². The van der Waals surface area contributed by atoms with E-state index in [9.17, 15) is 4.39 Å². The van der Waals surface area contributed by atoms with Gasteiger partial charge in [0.25, 0.3) is 0 Å². The van der Waals surface area contributed by atoms with E-state index in [4.69, 9.17) is 4.74 Å². The van der Waals surface area contributed by atoms with Gasteiger partial charge in [0.1, 0.15) is 0 Å². The molecule has 3 heteroatoms. The predicted octanol–water partition coefficient (Wildman–Crippen LogP) is 4.58. The molecule has 0 amide bonds. The van der Waals surface area contributed by atoms with Crippen molar-refractivity contribution >= 4 is 15.9 Å². The molecule has 0 aliphatic heterocycles. The summed E-state index contributed by atoms with van der Waals surface area (Å²) in [4.78, 5) is 0.436. The number of ether oxygens (including phenoxy) is 1. The van der Waals surface area contributed by atoms with Crippen LogP contribution in [-0.4, -0.2) is 11.9 Å². The molecule has 1 aromatic rings. The highest BCUT2D eigenvalue weighted by atomic mass is 79.9. The summed E-state index contributed by atoms with van der Waals surface area (Å²) in [5.41, 5.74) is 0.790. The minimum absolute atomic E-state index is 0.0656. The van der Waals surface area contributed by atoms with Crippen LogP contribution in [0.3, 0.4) is 0 Å². The van der Waals surface area contributed by atoms with Gasteiger partial charge in [-0.25, -0.2) is 4.39 Å². The molecule has 0 aliphatic rings. The maximum absolute atomic E-state index is 14.0. The van der Waals surface area contributed by atoms with Crippen molar-refractivity contribution in [1.29, 1.82) is 0 Å². The fourth-order valence-corrected chi connectivity index (χ4v) is 3.08. The standard InChI is InChI=1S/C14H20BrFO/c1-10(15)8-14(2,3)9-11-6-5-7-12(17-4)13(11)16/h5-7,10H,8-9H2,1-4H3. The maximum Gasteiger partial charge on any atom is 0.168 e. The highest BCUT2D eigenvalue weighted by molar-refractivity contribution is 9.09. The van der Waals surface area contributed by atoms with Crippen LogP contribution in [0.2, 0.25) is 0 Å². The summed E-state index contributed by atoms with van der Waals surface area (Å²) in [5, 5.41) is 0. The largest absolute Gasteiger partial charge is 0.494 e. The smallest absolute Gasteiger partial charge is 0.168 e. The second-order valence-corrected chi connectivity index (χ2v) is 6.82. The van der Waals surface area contributed by atoms with E-state index in [-0.39, 0.29) is 11.2 Å². The molecule has 0 bridgehead atoms. The van der Waals surface area contributed by atoms with Crippen molar-refractivity contribution in [3.8, 4) is 5.75 Å². The van der Waals surface area contributed by atoms with Crippen LogP contribution >= 0.6 is 15.9 Å². The van der Waals surface area contributed by atoms with Gasteiger partial charge in [0.05, 0.1) is 7.11 Å². The number of hydrogen-bond donors (Lipinski definition) is 0. The topological polar surface area (TPSA) is 9.23 Å². The molecule has 1 nitrogen and oxygen atoms in total. The Bertz CT molecular complexity index is 374. The highest BCUT2D eigenvalue weighted by Gasteiger charge is 2.23. The van der Waals surface area contributed by atoms with Gasteiger partial charge in [0.2, 0.25) is 0 Å². The Labute approximate surface area is 111 Å². The van der Waals surface area contributed by atoms with E-state index in [0.29, 0.717) is 17.0 Å². The molecule has 0 aromatic heterocycles. The molecule has 0 saturated carbocycles. The minimum Gasteiger partial charge on any atom is -0.494 e. The lowest BCUT2D eigenvalue weighted by molar-refractivity contribution is 0.325. The van der Waals surface area contributed by atoms with Crippen LogP contribution in [0.25, 0.3) is 0 Å². The van der Waals surface area contributed by atoms with Crippen molar-refractivity contribution in [2.75, 3.05) is 7.11 Å². The quantitative estimate of drug-likeness (QED) is 0.724. The van der Waals surface area contributed by atoms with E-state index in [2.05, 4.69) is 36.7 Å². The normalized spacial score (nSPS) is 13.5. The van der Waals surface area contributed by atoms with Crippen molar-refractivity contribution in [3.05, 3.63) is 29.6 Å². The average Bonchev–Trinajstić information content (AvgIpc) is 2.19. The Morgan fingerprint density at radius 3 is 2.59 bits per heavy atom. The molecule has 0 saturated heterocycles. The summed E-state index contributed by atoms with van der Waals surface area (Å²) in [6, 6.07) is 5.32. The fraction of sp³-hybridized carbons (Fsp3) is 0.571. The average molecular weight is 303 g/mol. The lowest BCUT2D eigenvalue weighted by Crippen LogP contribution is -2.19. The van der Waals surface area contributed by atoms with Crippen molar-refractivity contribution in [3.63, 3.8) is 0 Å². The summed E-state index contributed by atoms with van der Waals surface area (Å²) in [6.07, 6.45) is 1.72. The van der Waals surface area contributed by atoms with Crippen LogP contribution < -0.4 is 4.74 Å². The molecule has 1 aromatic carbocycles. The first-order chi connectivity index (χ1) is 7.85. The molecule has 0 radical (unpaired) electrons. The molecular formula is C14H20BrFO. The molecule has 0 aliphatic carbocycles. The van der Waals surface area contributed by atoms with Gasteiger partial charge >= 0.3 is 0 Å². The van der Waals surface area contributed by atoms with Gasteiger partial charge < -0.3 is 4.74 Å². The molecule has 1 unspecified atom stereocenters. The summed E-state index contributed by atoms with van der Waals surface area (Å²) >= 11 is 3.55. The SMILES string of the molecule is COc1cccc(CC(C)(C)CC(C)Br)c1F. The zero-order chi connectivity index (χ0) is 13.1.